The zero-order valence-electron chi connectivity index (χ0n) is 15.1. The first-order valence-electron chi connectivity index (χ1n) is 8.88. The molecule has 7 nitrogen and oxygen atoms in total. The van der Waals surface area contributed by atoms with Gasteiger partial charge < -0.3 is 15.3 Å². The molecule has 146 valence electrons. The van der Waals surface area contributed by atoms with Crippen LogP contribution in [0.4, 0.5) is 5.69 Å². The molecule has 2 aromatic rings. The lowest BCUT2D eigenvalue weighted by atomic mass is 10.1. The van der Waals surface area contributed by atoms with Gasteiger partial charge in [-0.2, -0.15) is 5.26 Å². The third kappa shape index (κ3) is 5.03. The van der Waals surface area contributed by atoms with E-state index in [0.29, 0.717) is 36.0 Å². The van der Waals surface area contributed by atoms with Crippen molar-refractivity contribution in [2.24, 2.45) is 0 Å². The minimum atomic E-state index is -1.03. The molecule has 1 aromatic carbocycles. The number of aromatic carboxylic acids is 1. The number of likely N-dealkylation sites (tertiary alicyclic amines) is 1. The first kappa shape index (κ1) is 20.2. The van der Waals surface area contributed by atoms with Gasteiger partial charge in [-0.25, -0.2) is 9.78 Å². The number of carbonyl (C=O) groups excluding carboxylic acids is 1. The molecule has 1 unspecified atom stereocenters. The van der Waals surface area contributed by atoms with E-state index in [4.69, 9.17) is 10.4 Å². The number of hydrogen-bond donors (Lipinski definition) is 2. The second-order valence-electron chi connectivity index (χ2n) is 6.30. The van der Waals surface area contributed by atoms with E-state index in [1.807, 2.05) is 29.2 Å². The first-order chi connectivity index (χ1) is 13.6. The quantitative estimate of drug-likeness (QED) is 0.605. The van der Waals surface area contributed by atoms with Gasteiger partial charge in [0, 0.05) is 42.4 Å². The van der Waals surface area contributed by atoms with E-state index in [0.717, 1.165) is 17.7 Å². The fourth-order valence-electron chi connectivity index (χ4n) is 3.13. The van der Waals surface area contributed by atoms with Crippen LogP contribution in [-0.4, -0.2) is 51.8 Å². The molecule has 1 aromatic heterocycles. The molecule has 1 aliphatic heterocycles. The van der Waals surface area contributed by atoms with Gasteiger partial charge in [0.15, 0.2) is 10.0 Å². The summed E-state index contributed by atoms with van der Waals surface area (Å²) in [6, 6.07) is 10.00. The Morgan fingerprint density at radius 2 is 2.29 bits per heavy atom. The van der Waals surface area contributed by atoms with Crippen molar-refractivity contribution in [3.8, 4) is 6.07 Å². The molecule has 0 radical (unpaired) electrons. The molecule has 0 saturated carbocycles. The number of thioether (sulfide) groups is 1. The third-order valence-corrected chi connectivity index (χ3v) is 6.53. The number of nitrogens with one attached hydrogen (secondary N) is 1. The van der Waals surface area contributed by atoms with E-state index in [-0.39, 0.29) is 17.6 Å². The zero-order chi connectivity index (χ0) is 19.9. The van der Waals surface area contributed by atoms with Gasteiger partial charge in [-0.1, -0.05) is 30.0 Å². The predicted molar refractivity (Wildman–Crippen MR) is 109 cm³/mol. The molecule has 1 amide bonds. The average molecular weight is 417 g/mol. The Bertz CT molecular complexity index is 893. The molecule has 2 heterocycles. The van der Waals surface area contributed by atoms with Crippen LogP contribution >= 0.6 is 23.1 Å². The normalized spacial score (nSPS) is 16.2. The number of anilines is 1. The van der Waals surface area contributed by atoms with Gasteiger partial charge in [0.2, 0.25) is 5.91 Å². The number of nitriles is 1. The zero-order valence-corrected chi connectivity index (χ0v) is 16.8. The average Bonchev–Trinajstić information content (AvgIpc) is 3.29. The summed E-state index contributed by atoms with van der Waals surface area (Å²) in [4.78, 5) is 29.1. The number of rotatable bonds is 9. The second-order valence-corrected chi connectivity index (χ2v) is 8.50. The van der Waals surface area contributed by atoms with Crippen molar-refractivity contribution in [3.05, 3.63) is 40.9 Å². The molecule has 28 heavy (non-hydrogen) atoms. The number of amides is 1. The van der Waals surface area contributed by atoms with Crippen molar-refractivity contribution in [2.75, 3.05) is 24.2 Å². The van der Waals surface area contributed by atoms with Gasteiger partial charge in [0.05, 0.1) is 12.5 Å². The largest absolute Gasteiger partial charge is 0.476 e. The molecule has 1 fully saturated rings. The maximum atomic E-state index is 12.3. The highest BCUT2D eigenvalue weighted by Gasteiger charge is 2.30. The highest BCUT2D eigenvalue weighted by Crippen LogP contribution is 2.25. The first-order valence-corrected chi connectivity index (χ1v) is 10.7. The van der Waals surface area contributed by atoms with Crippen molar-refractivity contribution >= 4 is 40.7 Å². The van der Waals surface area contributed by atoms with Crippen molar-refractivity contribution in [2.45, 2.75) is 29.6 Å². The smallest absolute Gasteiger partial charge is 0.355 e. The number of benzene rings is 1. The van der Waals surface area contributed by atoms with Gasteiger partial charge in [-0.3, -0.25) is 4.79 Å². The van der Waals surface area contributed by atoms with Crippen LogP contribution < -0.4 is 5.32 Å². The number of carboxylic acid groups (broad SMARTS) is 1. The maximum Gasteiger partial charge on any atom is 0.355 e. The van der Waals surface area contributed by atoms with Crippen LogP contribution in [-0.2, 0) is 11.2 Å². The van der Waals surface area contributed by atoms with Crippen LogP contribution in [0.15, 0.2) is 34.0 Å². The Morgan fingerprint density at radius 3 is 3.04 bits per heavy atom. The summed E-state index contributed by atoms with van der Waals surface area (Å²) in [7, 11) is 0. The number of carboxylic acids is 1. The molecule has 0 bridgehead atoms. The van der Waals surface area contributed by atoms with Gasteiger partial charge in [0.1, 0.15) is 0 Å². The SMILES string of the molecule is N#CCc1ccccc1NCC1CCC(=O)N1CCSc1nc(C(=O)O)cs1. The molecule has 0 aliphatic carbocycles. The monoisotopic (exact) mass is 416 g/mol. The second kappa shape index (κ2) is 9.57. The minimum Gasteiger partial charge on any atom is -0.476 e. The van der Waals surface area contributed by atoms with Crippen LogP contribution in [0, 0.1) is 11.3 Å². The summed E-state index contributed by atoms with van der Waals surface area (Å²) < 4.78 is 0.698. The number of para-hydroxylation sites is 1. The maximum absolute atomic E-state index is 12.3. The number of aromatic nitrogens is 1. The van der Waals surface area contributed by atoms with Crippen molar-refractivity contribution in [1.29, 1.82) is 5.26 Å². The number of hydrogen-bond acceptors (Lipinski definition) is 7. The van der Waals surface area contributed by atoms with Crippen molar-refractivity contribution in [1.82, 2.24) is 9.88 Å². The molecule has 1 atom stereocenters. The summed E-state index contributed by atoms with van der Waals surface area (Å²) >= 11 is 2.77. The number of carbonyl (C=O) groups is 2. The minimum absolute atomic E-state index is 0.0582. The van der Waals surface area contributed by atoms with Crippen LogP contribution in [0.3, 0.4) is 0 Å². The van der Waals surface area contributed by atoms with Gasteiger partial charge in [0.25, 0.3) is 0 Å². The van der Waals surface area contributed by atoms with E-state index >= 15 is 0 Å². The summed E-state index contributed by atoms with van der Waals surface area (Å²) in [6.07, 6.45) is 1.69. The van der Waals surface area contributed by atoms with E-state index in [1.165, 1.54) is 28.5 Å². The lowest BCUT2D eigenvalue weighted by Crippen LogP contribution is -2.39. The number of nitrogens with zero attached hydrogens (tertiary/aromatic N) is 3. The topological polar surface area (TPSA) is 106 Å². The highest BCUT2D eigenvalue weighted by molar-refractivity contribution is 8.01. The Balaban J connectivity index is 1.53. The molecule has 2 N–H and O–H groups in total. The van der Waals surface area contributed by atoms with Crippen LogP contribution in [0.1, 0.15) is 28.9 Å². The van der Waals surface area contributed by atoms with Crippen LogP contribution in [0.2, 0.25) is 0 Å². The van der Waals surface area contributed by atoms with Crippen LogP contribution in [0.25, 0.3) is 0 Å². The third-order valence-electron chi connectivity index (χ3n) is 4.53. The van der Waals surface area contributed by atoms with E-state index < -0.39 is 5.97 Å². The fraction of sp³-hybridized carbons (Fsp3) is 0.368. The summed E-state index contributed by atoms with van der Waals surface area (Å²) in [5.41, 5.74) is 1.94. The molecular formula is C19H20N4O3S2. The summed E-state index contributed by atoms with van der Waals surface area (Å²) in [5, 5.41) is 22.8. The summed E-state index contributed by atoms with van der Waals surface area (Å²) in [5.74, 6) is -0.219. The van der Waals surface area contributed by atoms with Crippen molar-refractivity contribution < 1.29 is 14.7 Å². The lowest BCUT2D eigenvalue weighted by molar-refractivity contribution is -0.128. The lowest BCUT2D eigenvalue weighted by Gasteiger charge is -2.25. The van der Waals surface area contributed by atoms with Crippen LogP contribution in [0.5, 0.6) is 0 Å². The molecule has 3 rings (SSSR count). The standard InChI is InChI=1S/C19H20N4O3S2/c20-8-7-13-3-1-2-4-15(13)21-11-14-5-6-17(24)23(14)9-10-27-19-22-16(12-28-19)18(25)26/h1-4,12,14,21H,5-7,9-11H2,(H,25,26). The Labute approximate surface area is 171 Å². The van der Waals surface area contributed by atoms with E-state index in [1.54, 1.807) is 0 Å². The van der Waals surface area contributed by atoms with E-state index in [9.17, 15) is 9.59 Å². The van der Waals surface area contributed by atoms with Gasteiger partial charge >= 0.3 is 5.97 Å². The number of thiazole rings is 1. The molecule has 0 spiro atoms. The Morgan fingerprint density at radius 1 is 1.46 bits per heavy atom. The molecule has 1 saturated heterocycles. The molecular weight excluding hydrogens is 396 g/mol. The predicted octanol–water partition coefficient (Wildman–Crippen LogP) is 3.10. The Kier molecular flexibility index (Phi) is 6.90. The van der Waals surface area contributed by atoms with Crippen molar-refractivity contribution in [3.63, 3.8) is 0 Å². The molecule has 9 heteroatoms. The van der Waals surface area contributed by atoms with Gasteiger partial charge in [-0.15, -0.1) is 11.3 Å². The van der Waals surface area contributed by atoms with Gasteiger partial charge in [-0.05, 0) is 18.1 Å². The molecule has 1 aliphatic rings. The highest BCUT2D eigenvalue weighted by atomic mass is 32.2. The van der Waals surface area contributed by atoms with E-state index in [2.05, 4.69) is 16.4 Å². The Hall–Kier alpha value is -2.57. The fourth-order valence-corrected chi connectivity index (χ4v) is 4.93. The summed E-state index contributed by atoms with van der Waals surface area (Å²) in [6.45, 7) is 1.23.